The number of imidazole rings is 1. The highest BCUT2D eigenvalue weighted by molar-refractivity contribution is 5.80. The lowest BCUT2D eigenvalue weighted by atomic mass is 9.92. The SMILES string of the molecule is C=C/C=C\CC(N=C)N(C)c1c(C=C)nc(-c2cccnc2N)n1C1=CC[C@@H]1C. The van der Waals surface area contributed by atoms with Gasteiger partial charge in [0.05, 0.1) is 5.56 Å². The van der Waals surface area contributed by atoms with Crippen molar-refractivity contribution in [2.45, 2.75) is 25.9 Å². The first-order valence-corrected chi connectivity index (χ1v) is 9.66. The van der Waals surface area contributed by atoms with Crippen LogP contribution < -0.4 is 10.6 Å². The number of hydrogen-bond acceptors (Lipinski definition) is 5. The molecule has 6 nitrogen and oxygen atoms in total. The molecule has 150 valence electrons. The fraction of sp³-hybridized carbons (Fsp3) is 0.261. The molecule has 2 aromatic rings. The van der Waals surface area contributed by atoms with Crippen LogP contribution in [-0.2, 0) is 0 Å². The lowest BCUT2D eigenvalue weighted by Crippen LogP contribution is -2.32. The molecule has 2 aromatic heterocycles. The van der Waals surface area contributed by atoms with E-state index in [1.807, 2.05) is 31.3 Å². The molecule has 1 unspecified atom stereocenters. The van der Waals surface area contributed by atoms with Crippen molar-refractivity contribution in [3.63, 3.8) is 0 Å². The third kappa shape index (κ3) is 3.78. The van der Waals surface area contributed by atoms with E-state index in [9.17, 15) is 0 Å². The van der Waals surface area contributed by atoms with Gasteiger partial charge in [0.2, 0.25) is 0 Å². The van der Waals surface area contributed by atoms with Crippen LogP contribution in [0.15, 0.2) is 60.8 Å². The molecular formula is C23H28N6. The van der Waals surface area contributed by atoms with Gasteiger partial charge in [0, 0.05) is 31.3 Å². The fourth-order valence-electron chi connectivity index (χ4n) is 3.50. The van der Waals surface area contributed by atoms with Gasteiger partial charge in [-0.3, -0.25) is 9.56 Å². The van der Waals surface area contributed by atoms with Crippen LogP contribution in [0.1, 0.15) is 25.5 Å². The van der Waals surface area contributed by atoms with Gasteiger partial charge in [-0.05, 0) is 31.3 Å². The molecule has 0 bridgehead atoms. The van der Waals surface area contributed by atoms with Gasteiger partial charge in [0.1, 0.15) is 29.3 Å². The van der Waals surface area contributed by atoms with Gasteiger partial charge in [-0.1, -0.05) is 44.4 Å². The van der Waals surface area contributed by atoms with Crippen LogP contribution in [0.3, 0.4) is 0 Å². The standard InChI is InChI=1S/C23H28N6/c1-6-8-9-12-20(25-4)28(5)23-18(7-2)27-22(17-11-10-15-26-21(17)24)29(23)19-14-13-16(19)3/h6-11,14-16,20H,1-2,4,12-13H2,3,5H3,(H2,24,26)/b9-8-/t16-,20?/m0/s1. The number of hydrogen-bond donors (Lipinski definition) is 1. The molecule has 6 heteroatoms. The summed E-state index contributed by atoms with van der Waals surface area (Å²) in [6, 6.07) is 3.81. The second-order valence-electron chi connectivity index (χ2n) is 7.06. The highest BCUT2D eigenvalue weighted by atomic mass is 15.3. The zero-order valence-electron chi connectivity index (χ0n) is 17.1. The molecule has 2 heterocycles. The Morgan fingerprint density at radius 3 is 2.79 bits per heavy atom. The van der Waals surface area contributed by atoms with Crippen LogP contribution in [0.4, 0.5) is 11.6 Å². The molecule has 1 aliphatic carbocycles. The molecular weight excluding hydrogens is 360 g/mol. The minimum absolute atomic E-state index is 0.157. The molecule has 0 fully saturated rings. The van der Waals surface area contributed by atoms with Crippen LogP contribution in [0.5, 0.6) is 0 Å². The maximum Gasteiger partial charge on any atom is 0.150 e. The van der Waals surface area contributed by atoms with Gasteiger partial charge in [0.15, 0.2) is 0 Å². The van der Waals surface area contributed by atoms with Crippen molar-refractivity contribution in [2.24, 2.45) is 10.9 Å². The third-order valence-corrected chi connectivity index (χ3v) is 5.21. The van der Waals surface area contributed by atoms with E-state index < -0.39 is 0 Å². The van der Waals surface area contributed by atoms with E-state index in [4.69, 9.17) is 10.7 Å². The first kappa shape index (κ1) is 20.3. The number of nitrogens with two attached hydrogens (primary N) is 1. The Bertz CT molecular complexity index is 981. The summed E-state index contributed by atoms with van der Waals surface area (Å²) in [4.78, 5) is 15.5. The Morgan fingerprint density at radius 1 is 1.45 bits per heavy atom. The highest BCUT2D eigenvalue weighted by Crippen LogP contribution is 2.41. The zero-order chi connectivity index (χ0) is 21.0. The van der Waals surface area contributed by atoms with E-state index in [0.717, 1.165) is 29.3 Å². The largest absolute Gasteiger partial charge is 0.383 e. The predicted molar refractivity (Wildman–Crippen MR) is 124 cm³/mol. The van der Waals surface area contributed by atoms with Crippen LogP contribution in [0.25, 0.3) is 23.2 Å². The van der Waals surface area contributed by atoms with E-state index >= 15 is 0 Å². The molecule has 2 N–H and O–H groups in total. The summed E-state index contributed by atoms with van der Waals surface area (Å²) in [5.41, 5.74) is 8.95. The number of anilines is 2. The monoisotopic (exact) mass is 388 g/mol. The average molecular weight is 389 g/mol. The molecule has 0 saturated carbocycles. The molecule has 3 rings (SSSR count). The van der Waals surface area contributed by atoms with E-state index in [0.29, 0.717) is 18.2 Å². The van der Waals surface area contributed by atoms with Gasteiger partial charge in [-0.15, -0.1) is 0 Å². The number of pyridine rings is 1. The van der Waals surface area contributed by atoms with E-state index in [2.05, 4.69) is 52.3 Å². The minimum atomic E-state index is -0.157. The quantitative estimate of drug-likeness (QED) is 0.501. The van der Waals surface area contributed by atoms with Crippen LogP contribution in [0.2, 0.25) is 0 Å². The van der Waals surface area contributed by atoms with Crippen molar-refractivity contribution in [3.8, 4) is 11.4 Å². The van der Waals surface area contributed by atoms with Gasteiger partial charge in [0.25, 0.3) is 0 Å². The highest BCUT2D eigenvalue weighted by Gasteiger charge is 2.30. The number of nitrogens with zero attached hydrogens (tertiary/aromatic N) is 5. The van der Waals surface area contributed by atoms with E-state index in [-0.39, 0.29) is 6.17 Å². The Kier molecular flexibility index (Phi) is 6.12. The van der Waals surface area contributed by atoms with Crippen molar-refractivity contribution in [1.82, 2.24) is 14.5 Å². The molecule has 0 saturated heterocycles. The molecule has 0 amide bonds. The normalized spacial score (nSPS) is 16.8. The van der Waals surface area contributed by atoms with Gasteiger partial charge in [-0.2, -0.15) is 0 Å². The molecule has 0 aromatic carbocycles. The summed E-state index contributed by atoms with van der Waals surface area (Å²) in [6.45, 7) is 13.7. The Hall–Kier alpha value is -3.41. The van der Waals surface area contributed by atoms with Crippen molar-refractivity contribution in [3.05, 3.63) is 61.5 Å². The molecule has 2 atom stereocenters. The van der Waals surface area contributed by atoms with Crippen molar-refractivity contribution < 1.29 is 0 Å². The predicted octanol–water partition coefficient (Wildman–Crippen LogP) is 4.65. The fourth-order valence-corrected chi connectivity index (χ4v) is 3.50. The summed E-state index contributed by atoms with van der Waals surface area (Å²) in [5.74, 6) is 2.54. The second-order valence-corrected chi connectivity index (χ2v) is 7.06. The number of nitrogen functional groups attached to an aromatic ring is 1. The summed E-state index contributed by atoms with van der Waals surface area (Å²) >= 11 is 0. The number of allylic oxidation sites excluding steroid dienone is 4. The first-order chi connectivity index (χ1) is 14.0. The summed E-state index contributed by atoms with van der Waals surface area (Å²) in [5, 5.41) is 0. The molecule has 0 spiro atoms. The minimum Gasteiger partial charge on any atom is -0.383 e. The molecule has 0 radical (unpaired) electrons. The number of aliphatic imine (C=N–C) groups is 1. The second kappa shape index (κ2) is 8.73. The maximum atomic E-state index is 6.19. The van der Waals surface area contributed by atoms with Crippen molar-refractivity contribution >= 4 is 30.1 Å². The molecule has 29 heavy (non-hydrogen) atoms. The smallest absolute Gasteiger partial charge is 0.150 e. The van der Waals surface area contributed by atoms with E-state index in [1.54, 1.807) is 18.3 Å². The maximum absolute atomic E-state index is 6.19. The van der Waals surface area contributed by atoms with E-state index in [1.165, 1.54) is 5.70 Å². The topological polar surface area (TPSA) is 72.3 Å². The van der Waals surface area contributed by atoms with Gasteiger partial charge >= 0.3 is 0 Å². The van der Waals surface area contributed by atoms with Gasteiger partial charge < -0.3 is 10.6 Å². The Labute approximate surface area is 172 Å². The van der Waals surface area contributed by atoms with Crippen LogP contribution >= 0.6 is 0 Å². The first-order valence-electron chi connectivity index (χ1n) is 9.66. The number of aromatic nitrogens is 3. The van der Waals surface area contributed by atoms with Crippen LogP contribution in [-0.4, -0.2) is 34.5 Å². The molecule has 0 aliphatic heterocycles. The number of rotatable bonds is 9. The Balaban J connectivity index is 2.19. The molecule has 1 aliphatic rings. The van der Waals surface area contributed by atoms with Crippen LogP contribution in [0, 0.1) is 5.92 Å². The lowest BCUT2D eigenvalue weighted by molar-refractivity contribution is 0.634. The zero-order valence-corrected chi connectivity index (χ0v) is 17.1. The lowest BCUT2D eigenvalue weighted by Gasteiger charge is -2.32. The van der Waals surface area contributed by atoms with Crippen molar-refractivity contribution in [2.75, 3.05) is 17.7 Å². The van der Waals surface area contributed by atoms with Gasteiger partial charge in [-0.25, -0.2) is 9.97 Å². The third-order valence-electron chi connectivity index (χ3n) is 5.21. The van der Waals surface area contributed by atoms with Crippen molar-refractivity contribution in [1.29, 1.82) is 0 Å². The Morgan fingerprint density at radius 2 is 2.24 bits per heavy atom. The summed E-state index contributed by atoms with van der Waals surface area (Å²) in [7, 11) is 2.00. The summed E-state index contributed by atoms with van der Waals surface area (Å²) < 4.78 is 2.16. The average Bonchev–Trinajstić information content (AvgIpc) is 3.08. The summed E-state index contributed by atoms with van der Waals surface area (Å²) in [6.07, 6.45) is 12.9.